The van der Waals surface area contributed by atoms with E-state index in [1.165, 1.54) is 17.0 Å². The minimum Gasteiger partial charge on any atom is -0.478 e. The number of carboxylic acid groups (broad SMARTS) is 1. The Kier molecular flexibility index (Phi) is 4.85. The van der Waals surface area contributed by atoms with Gasteiger partial charge in [0.25, 0.3) is 5.24 Å². The van der Waals surface area contributed by atoms with Gasteiger partial charge in [-0.05, 0) is 54.2 Å². The maximum Gasteiger partial charge on any atom is 0.335 e. The molecule has 0 unspecified atom stereocenters. The molecule has 0 bridgehead atoms. The second kappa shape index (κ2) is 7.46. The lowest BCUT2D eigenvalue weighted by atomic mass is 10.1. The van der Waals surface area contributed by atoms with Gasteiger partial charge >= 0.3 is 5.97 Å². The van der Waals surface area contributed by atoms with Crippen LogP contribution in [0.15, 0.2) is 76.1 Å². The van der Waals surface area contributed by atoms with E-state index < -0.39 is 5.97 Å². The van der Waals surface area contributed by atoms with Gasteiger partial charge < -0.3 is 9.52 Å². The fourth-order valence-corrected chi connectivity index (χ4v) is 4.02. The largest absolute Gasteiger partial charge is 0.478 e. The second-order valence-electron chi connectivity index (χ2n) is 5.94. The van der Waals surface area contributed by atoms with Gasteiger partial charge in [0.1, 0.15) is 16.5 Å². The van der Waals surface area contributed by atoms with Crippen LogP contribution >= 0.6 is 24.0 Å². The Hall–Kier alpha value is -3.16. The number of furan rings is 1. The summed E-state index contributed by atoms with van der Waals surface area (Å²) in [5, 5.41) is 8.83. The minimum absolute atomic E-state index is 0.154. The van der Waals surface area contributed by atoms with Crippen LogP contribution in [0, 0.1) is 0 Å². The van der Waals surface area contributed by atoms with Crippen molar-refractivity contribution < 1.29 is 19.1 Å². The van der Waals surface area contributed by atoms with Gasteiger partial charge in [0.15, 0.2) is 0 Å². The molecule has 0 atom stereocenters. The van der Waals surface area contributed by atoms with Gasteiger partial charge in [-0.15, -0.1) is 0 Å². The first kappa shape index (κ1) is 18.2. The molecule has 1 aliphatic rings. The molecule has 2 heterocycles. The van der Waals surface area contributed by atoms with E-state index in [1.54, 1.807) is 30.3 Å². The Bertz CT molecular complexity index is 1100. The first-order chi connectivity index (χ1) is 13.5. The average Bonchev–Trinajstić information content (AvgIpc) is 3.27. The number of benzene rings is 2. The number of thioether (sulfide) groups is 1. The first-order valence-corrected chi connectivity index (χ1v) is 9.52. The molecule has 5 nitrogen and oxygen atoms in total. The smallest absolute Gasteiger partial charge is 0.335 e. The van der Waals surface area contributed by atoms with Gasteiger partial charge in [-0.3, -0.25) is 9.69 Å². The molecule has 0 radical (unpaired) electrons. The fourth-order valence-electron chi connectivity index (χ4n) is 2.76. The van der Waals surface area contributed by atoms with Crippen molar-refractivity contribution in [2.75, 3.05) is 4.90 Å². The topological polar surface area (TPSA) is 70.8 Å². The number of anilines is 1. The zero-order valence-electron chi connectivity index (χ0n) is 14.4. The van der Waals surface area contributed by atoms with Crippen LogP contribution in [0.5, 0.6) is 0 Å². The van der Waals surface area contributed by atoms with Crippen molar-refractivity contribution in [3.05, 3.63) is 83.0 Å². The summed E-state index contributed by atoms with van der Waals surface area (Å²) in [5.41, 5.74) is 1.70. The van der Waals surface area contributed by atoms with Crippen molar-refractivity contribution in [1.82, 2.24) is 0 Å². The molecule has 1 amide bonds. The summed E-state index contributed by atoms with van der Waals surface area (Å²) < 4.78 is 5.83. The third-order valence-corrected chi connectivity index (χ3v) is 5.54. The lowest BCUT2D eigenvalue weighted by Gasteiger charge is -2.14. The summed E-state index contributed by atoms with van der Waals surface area (Å²) in [4.78, 5) is 25.9. The fraction of sp³-hybridized carbons (Fsp3) is 0. The summed E-state index contributed by atoms with van der Waals surface area (Å²) in [6.45, 7) is 0. The summed E-state index contributed by atoms with van der Waals surface area (Å²) in [6.07, 6.45) is 1.74. The van der Waals surface area contributed by atoms with Crippen LogP contribution in [0.25, 0.3) is 17.4 Å². The molecule has 0 saturated carbocycles. The zero-order valence-corrected chi connectivity index (χ0v) is 16.0. The number of para-hydroxylation sites is 1. The molecule has 1 saturated heterocycles. The SMILES string of the molecule is O=C(O)c1ccc(-c2ccc(/C=C3\SC(=O)N(c4ccccc4)C3=S)o2)cc1. The minimum atomic E-state index is -0.976. The van der Waals surface area contributed by atoms with Crippen LogP contribution in [0.4, 0.5) is 10.5 Å². The molecule has 28 heavy (non-hydrogen) atoms. The Morgan fingerprint density at radius 2 is 1.75 bits per heavy atom. The van der Waals surface area contributed by atoms with Gasteiger partial charge in [0.2, 0.25) is 0 Å². The van der Waals surface area contributed by atoms with E-state index in [0.717, 1.165) is 23.0 Å². The van der Waals surface area contributed by atoms with Gasteiger partial charge in [0.05, 0.1) is 16.2 Å². The molecule has 2 aromatic carbocycles. The number of rotatable bonds is 4. The third-order valence-electron chi connectivity index (χ3n) is 4.12. The molecule has 7 heteroatoms. The highest BCUT2D eigenvalue weighted by Gasteiger charge is 2.33. The summed E-state index contributed by atoms with van der Waals surface area (Å²) in [5.74, 6) is 0.185. The number of aromatic carboxylic acids is 1. The maximum atomic E-state index is 12.4. The van der Waals surface area contributed by atoms with Gasteiger partial charge in [-0.1, -0.05) is 42.5 Å². The summed E-state index contributed by atoms with van der Waals surface area (Å²) in [6, 6.07) is 19.3. The lowest BCUT2D eigenvalue weighted by Crippen LogP contribution is -2.26. The second-order valence-corrected chi connectivity index (χ2v) is 7.32. The summed E-state index contributed by atoms with van der Waals surface area (Å²) >= 11 is 6.54. The van der Waals surface area contributed by atoms with Crippen molar-refractivity contribution in [1.29, 1.82) is 0 Å². The molecular weight excluding hydrogens is 394 g/mol. The van der Waals surface area contributed by atoms with Crippen molar-refractivity contribution in [3.63, 3.8) is 0 Å². The molecular formula is C21H13NO4S2. The lowest BCUT2D eigenvalue weighted by molar-refractivity contribution is 0.0697. The van der Waals surface area contributed by atoms with Crippen molar-refractivity contribution in [2.45, 2.75) is 0 Å². The predicted molar refractivity (Wildman–Crippen MR) is 114 cm³/mol. The summed E-state index contributed by atoms with van der Waals surface area (Å²) in [7, 11) is 0. The molecule has 4 rings (SSSR count). The Balaban J connectivity index is 1.58. The normalized spacial score (nSPS) is 15.4. The van der Waals surface area contributed by atoms with Crippen molar-refractivity contribution in [2.24, 2.45) is 0 Å². The van der Waals surface area contributed by atoms with Crippen LogP contribution in [0.1, 0.15) is 16.1 Å². The molecule has 0 aliphatic carbocycles. The third kappa shape index (κ3) is 3.49. The quantitative estimate of drug-likeness (QED) is 0.443. The average molecular weight is 407 g/mol. The van der Waals surface area contributed by atoms with Crippen molar-refractivity contribution in [3.8, 4) is 11.3 Å². The molecule has 1 aromatic heterocycles. The van der Waals surface area contributed by atoms with E-state index in [1.807, 2.05) is 30.3 Å². The molecule has 0 spiro atoms. The number of carbonyl (C=O) groups is 2. The Morgan fingerprint density at radius 1 is 1.04 bits per heavy atom. The number of nitrogens with zero attached hydrogens (tertiary/aromatic N) is 1. The highest BCUT2D eigenvalue weighted by molar-refractivity contribution is 8.20. The highest BCUT2D eigenvalue weighted by atomic mass is 32.2. The molecule has 3 aromatic rings. The Morgan fingerprint density at radius 3 is 2.43 bits per heavy atom. The number of hydrogen-bond donors (Lipinski definition) is 1. The predicted octanol–water partition coefficient (Wildman–Crippen LogP) is 5.69. The van der Waals surface area contributed by atoms with Gasteiger partial charge in [-0.2, -0.15) is 0 Å². The number of carboxylic acids is 1. The number of hydrogen-bond acceptors (Lipinski definition) is 5. The zero-order chi connectivity index (χ0) is 19.7. The molecule has 138 valence electrons. The van der Waals surface area contributed by atoms with Crippen LogP contribution in [0.3, 0.4) is 0 Å². The van der Waals surface area contributed by atoms with Gasteiger partial charge in [-0.25, -0.2) is 4.79 Å². The number of thiocarbonyl (C=S) groups is 1. The Labute approximate surface area is 170 Å². The number of amides is 1. The monoisotopic (exact) mass is 407 g/mol. The van der Waals surface area contributed by atoms with Crippen LogP contribution in [0.2, 0.25) is 0 Å². The standard InChI is InChI=1S/C21H13NO4S2/c23-20(24)14-8-6-13(7-9-14)17-11-10-16(26-17)12-18-19(27)22(21(25)28-18)15-4-2-1-3-5-15/h1-12H,(H,23,24)/b18-12-. The van der Waals surface area contributed by atoms with E-state index in [9.17, 15) is 9.59 Å². The van der Waals surface area contributed by atoms with E-state index in [4.69, 9.17) is 21.7 Å². The van der Waals surface area contributed by atoms with E-state index in [-0.39, 0.29) is 10.8 Å². The van der Waals surface area contributed by atoms with Gasteiger partial charge in [0, 0.05) is 5.56 Å². The highest BCUT2D eigenvalue weighted by Crippen LogP contribution is 2.37. The van der Waals surface area contributed by atoms with Crippen LogP contribution < -0.4 is 4.90 Å². The first-order valence-electron chi connectivity index (χ1n) is 8.29. The van der Waals surface area contributed by atoms with Crippen molar-refractivity contribution >= 4 is 51.9 Å². The molecule has 1 fully saturated rings. The number of carbonyl (C=O) groups excluding carboxylic acids is 1. The van der Waals surface area contributed by atoms with Crippen LogP contribution in [-0.2, 0) is 0 Å². The van der Waals surface area contributed by atoms with E-state index >= 15 is 0 Å². The van der Waals surface area contributed by atoms with Crippen LogP contribution in [-0.4, -0.2) is 21.3 Å². The van der Waals surface area contributed by atoms with E-state index in [0.29, 0.717) is 21.4 Å². The van der Waals surface area contributed by atoms with E-state index in [2.05, 4.69) is 0 Å². The molecule has 1 N–H and O–H groups in total. The maximum absolute atomic E-state index is 12.4. The molecule has 1 aliphatic heterocycles.